The summed E-state index contributed by atoms with van der Waals surface area (Å²) in [5.74, 6) is 0. The molecule has 0 amide bonds. The van der Waals surface area contributed by atoms with Crippen molar-refractivity contribution in [2.75, 3.05) is 84.3 Å². The minimum atomic E-state index is -1.67. The maximum absolute atomic E-state index is 5.74. The third-order valence-electron chi connectivity index (χ3n) is 3.87. The number of aromatic nitrogens is 2. The molecule has 12 heteroatoms. The van der Waals surface area contributed by atoms with Gasteiger partial charge in [0.25, 0.3) is 0 Å². The van der Waals surface area contributed by atoms with Crippen LogP contribution in [0, 0.1) is 0 Å². The fourth-order valence-electron chi connectivity index (χ4n) is 2.31. The number of rotatable bonds is 23. The lowest BCUT2D eigenvalue weighted by Crippen LogP contribution is -2.31. The van der Waals surface area contributed by atoms with E-state index in [0.29, 0.717) is 79.3 Å². The highest BCUT2D eigenvalue weighted by Crippen LogP contribution is 2.21. The van der Waals surface area contributed by atoms with E-state index in [1.165, 1.54) is 12.0 Å². The molecule has 0 N–H and O–H groups in total. The molecular formula is C21H40N2O7S2Si. The van der Waals surface area contributed by atoms with Crippen LogP contribution in [-0.2, 0) is 38.9 Å². The summed E-state index contributed by atoms with van der Waals surface area (Å²) in [6.07, 6.45) is 5.57. The monoisotopic (exact) mass is 524 g/mol. The summed E-state index contributed by atoms with van der Waals surface area (Å²) in [5.41, 5.74) is 0.944. The predicted molar refractivity (Wildman–Crippen MR) is 134 cm³/mol. The minimum Gasteiger partial charge on any atom is -0.379 e. The molecule has 0 aromatic carbocycles. The second-order valence-corrected chi connectivity index (χ2v) is 13.7. The van der Waals surface area contributed by atoms with Gasteiger partial charge in [-0.25, -0.2) is 9.97 Å². The maximum Gasteiger partial charge on any atom is 0.215 e. The average Bonchev–Trinajstić information content (AvgIpc) is 2.80. The van der Waals surface area contributed by atoms with Gasteiger partial charge in [-0.1, -0.05) is 11.8 Å². The quantitative estimate of drug-likeness (QED) is 0.0695. The van der Waals surface area contributed by atoms with Crippen molar-refractivity contribution in [3.8, 4) is 0 Å². The molecular weight excluding hydrogens is 484 g/mol. The molecule has 0 radical (unpaired) electrons. The van der Waals surface area contributed by atoms with Gasteiger partial charge in [0.2, 0.25) is 8.32 Å². The molecule has 1 heterocycles. The van der Waals surface area contributed by atoms with Crippen LogP contribution < -0.4 is 0 Å². The molecule has 0 saturated carbocycles. The van der Waals surface area contributed by atoms with Crippen LogP contribution in [0.25, 0.3) is 0 Å². The van der Waals surface area contributed by atoms with Crippen molar-refractivity contribution in [2.45, 2.75) is 31.8 Å². The Morgan fingerprint density at radius 2 is 1.18 bits per heavy atom. The SMILES string of the molecule is CCOCCOCCOCCOCCOCCOCc1cnc(SC[Si](C)(C)OSC)nc1. The standard InChI is InChI=1S/C21H40N2O7S2Si/c1-5-24-6-7-25-8-9-26-10-11-27-12-13-28-14-15-29-18-20-16-22-21(23-17-20)32-19-33(3,4)30-31-2/h16-17H,5-15,18-19H2,1-4H3. The lowest BCUT2D eigenvalue weighted by molar-refractivity contribution is -0.0172. The topological polar surface area (TPSA) is 90.4 Å². The van der Waals surface area contributed by atoms with Gasteiger partial charge in [0.05, 0.1) is 72.7 Å². The van der Waals surface area contributed by atoms with Gasteiger partial charge in [-0.3, -0.25) is 0 Å². The Hall–Kier alpha value is -0.283. The highest BCUT2D eigenvalue weighted by atomic mass is 32.2. The molecule has 9 nitrogen and oxygen atoms in total. The zero-order valence-electron chi connectivity index (χ0n) is 20.4. The van der Waals surface area contributed by atoms with Crippen LogP contribution in [0.15, 0.2) is 17.6 Å². The van der Waals surface area contributed by atoms with E-state index in [9.17, 15) is 0 Å². The van der Waals surface area contributed by atoms with Crippen LogP contribution in [0.4, 0.5) is 0 Å². The van der Waals surface area contributed by atoms with Crippen molar-refractivity contribution in [1.82, 2.24) is 9.97 Å². The van der Waals surface area contributed by atoms with E-state index >= 15 is 0 Å². The van der Waals surface area contributed by atoms with Crippen molar-refractivity contribution in [1.29, 1.82) is 0 Å². The van der Waals surface area contributed by atoms with Crippen molar-refractivity contribution in [3.05, 3.63) is 18.0 Å². The number of ether oxygens (including phenoxy) is 6. The number of thioether (sulfide) groups is 1. The Balaban J connectivity index is 1.89. The number of hydrogen-bond donors (Lipinski definition) is 0. The van der Waals surface area contributed by atoms with Gasteiger partial charge >= 0.3 is 0 Å². The van der Waals surface area contributed by atoms with Gasteiger partial charge < -0.3 is 32.3 Å². The van der Waals surface area contributed by atoms with Crippen LogP contribution in [0.5, 0.6) is 0 Å². The first kappa shape index (κ1) is 30.7. The van der Waals surface area contributed by atoms with Crippen LogP contribution in [0.1, 0.15) is 12.5 Å². The summed E-state index contributed by atoms with van der Waals surface area (Å²) in [4.78, 5) is 8.80. The molecule has 1 rings (SSSR count). The summed E-state index contributed by atoms with van der Waals surface area (Å²) < 4.78 is 38.3. The van der Waals surface area contributed by atoms with Crippen LogP contribution in [-0.4, -0.2) is 103 Å². The van der Waals surface area contributed by atoms with E-state index in [0.717, 1.165) is 16.1 Å². The fraction of sp³-hybridized carbons (Fsp3) is 0.810. The van der Waals surface area contributed by atoms with Gasteiger partial charge in [-0.05, 0) is 32.1 Å². The number of hydrogen-bond acceptors (Lipinski definition) is 11. The normalized spacial score (nSPS) is 11.9. The zero-order chi connectivity index (χ0) is 24.0. The average molecular weight is 525 g/mol. The Morgan fingerprint density at radius 1 is 0.727 bits per heavy atom. The molecule has 1 aromatic heterocycles. The zero-order valence-corrected chi connectivity index (χ0v) is 23.0. The highest BCUT2D eigenvalue weighted by molar-refractivity contribution is 8.01. The van der Waals surface area contributed by atoms with Gasteiger partial charge in [0.15, 0.2) is 5.16 Å². The van der Waals surface area contributed by atoms with Crippen molar-refractivity contribution < 1.29 is 32.3 Å². The van der Waals surface area contributed by atoms with Gasteiger partial charge in [0, 0.05) is 36.2 Å². The van der Waals surface area contributed by atoms with E-state index in [2.05, 4.69) is 23.1 Å². The summed E-state index contributed by atoms with van der Waals surface area (Å²) >= 11 is 3.07. The lowest BCUT2D eigenvalue weighted by atomic mass is 10.4. The van der Waals surface area contributed by atoms with E-state index < -0.39 is 8.32 Å². The Labute approximate surface area is 208 Å². The van der Waals surface area contributed by atoms with Crippen molar-refractivity contribution in [3.63, 3.8) is 0 Å². The molecule has 0 aliphatic carbocycles. The summed E-state index contributed by atoms with van der Waals surface area (Å²) in [5, 5.41) is 1.69. The Morgan fingerprint density at radius 3 is 1.64 bits per heavy atom. The van der Waals surface area contributed by atoms with Gasteiger partial charge in [-0.2, -0.15) is 0 Å². The Kier molecular flexibility index (Phi) is 19.6. The molecule has 0 fully saturated rings. The molecule has 0 aliphatic rings. The largest absolute Gasteiger partial charge is 0.379 e. The second-order valence-electron chi connectivity index (χ2n) is 7.37. The smallest absolute Gasteiger partial charge is 0.215 e. The summed E-state index contributed by atoms with van der Waals surface area (Å²) in [6.45, 7) is 13.0. The molecule has 0 unspecified atom stereocenters. The van der Waals surface area contributed by atoms with Gasteiger partial charge in [0.1, 0.15) is 0 Å². The molecule has 0 spiro atoms. The predicted octanol–water partition coefficient (Wildman–Crippen LogP) is 3.23. The summed E-state index contributed by atoms with van der Waals surface area (Å²) in [6, 6.07) is 0. The van der Waals surface area contributed by atoms with Crippen LogP contribution in [0.2, 0.25) is 13.1 Å². The lowest BCUT2D eigenvalue weighted by Gasteiger charge is -2.19. The second kappa shape index (κ2) is 21.0. The third kappa shape index (κ3) is 18.7. The molecule has 1 aromatic rings. The minimum absolute atomic E-state index is 0.466. The molecule has 0 bridgehead atoms. The first-order valence-corrected chi connectivity index (χ1v) is 16.4. The van der Waals surface area contributed by atoms with Crippen LogP contribution >= 0.6 is 23.8 Å². The summed E-state index contributed by atoms with van der Waals surface area (Å²) in [7, 11) is -1.67. The van der Waals surface area contributed by atoms with E-state index in [1.54, 1.807) is 11.8 Å². The van der Waals surface area contributed by atoms with Crippen molar-refractivity contribution >= 4 is 32.1 Å². The fourth-order valence-corrected chi connectivity index (χ4v) is 6.90. The molecule has 0 atom stereocenters. The maximum atomic E-state index is 5.74. The number of nitrogens with zero attached hydrogens (tertiary/aromatic N) is 2. The molecule has 0 saturated heterocycles. The van der Waals surface area contributed by atoms with Gasteiger partial charge in [-0.15, -0.1) is 0 Å². The van der Waals surface area contributed by atoms with Crippen LogP contribution in [0.3, 0.4) is 0 Å². The first-order valence-electron chi connectivity index (χ1n) is 11.2. The third-order valence-corrected chi connectivity index (χ3v) is 10.2. The van der Waals surface area contributed by atoms with Crippen molar-refractivity contribution in [2.24, 2.45) is 0 Å². The van der Waals surface area contributed by atoms with E-state index in [4.69, 9.17) is 32.3 Å². The van der Waals surface area contributed by atoms with E-state index in [-0.39, 0.29) is 0 Å². The van der Waals surface area contributed by atoms with E-state index in [1.807, 2.05) is 25.6 Å². The molecule has 33 heavy (non-hydrogen) atoms. The molecule has 192 valence electrons. The highest BCUT2D eigenvalue weighted by Gasteiger charge is 2.23. The molecule has 0 aliphatic heterocycles. The Bertz CT molecular complexity index is 574. The first-order chi connectivity index (χ1) is 16.1.